The molecule has 0 radical (unpaired) electrons. The van der Waals surface area contributed by atoms with Crippen LogP contribution in [0.1, 0.15) is 86.7 Å². The Morgan fingerprint density at radius 2 is 1.64 bits per heavy atom. The van der Waals surface area contributed by atoms with Crippen LogP contribution in [0.4, 0.5) is 25.4 Å². The van der Waals surface area contributed by atoms with E-state index >= 15 is 4.39 Å². The fourth-order valence-corrected chi connectivity index (χ4v) is 10.5. The summed E-state index contributed by atoms with van der Waals surface area (Å²) >= 11 is 0. The number of aromatic nitrogens is 3. The number of ether oxygens (including phenoxy) is 2. The smallest absolute Gasteiger partial charge is 0.328 e. The molecule has 4 aliphatic heterocycles. The number of likely N-dealkylation sites (tertiary alicyclic amines) is 3. The molecule has 5 aromatic rings. The Hall–Kier alpha value is -6.39. The van der Waals surface area contributed by atoms with Crippen molar-refractivity contribution in [2.45, 2.75) is 84.8 Å². The van der Waals surface area contributed by atoms with Crippen molar-refractivity contribution in [3.05, 3.63) is 89.5 Å². The molecule has 4 aliphatic rings. The zero-order valence-electron chi connectivity index (χ0n) is 40.2. The van der Waals surface area contributed by atoms with Gasteiger partial charge in [-0.05, 0) is 129 Å². The number of H-pyrrole nitrogens is 1. The van der Waals surface area contributed by atoms with E-state index in [1.165, 1.54) is 30.5 Å². The lowest BCUT2D eigenvalue weighted by atomic mass is 9.92. The molecule has 1 atom stereocenters. The van der Waals surface area contributed by atoms with Crippen LogP contribution in [0, 0.1) is 30.5 Å². The standard InChI is InChI=1S/C53H64FN9O6/c1-33(2)25-37-14-23-62(30-37)52(66)58-44-28-40(54)27-42(34(44)3)49-43-29-45(57-50(43)56-32-55-49)38-7-5-36(6-8-38)31-69-41-15-19-60(20-16-41)18-11-35-12-21-61(22-13-35)51(65)39-9-10-47(68-4)46(26-39)63-24-17-48(64)59-53(63)67/h5-10,26-29,32-33,35,37,41H,11-25,30-31H2,1-4H3,(H,58,66)(H,55,56,57)(H,59,64,67)/t37-/m0/s1. The first-order valence-electron chi connectivity index (χ1n) is 24.6. The Labute approximate surface area is 403 Å². The molecule has 364 valence electrons. The molecule has 4 saturated heterocycles. The zero-order chi connectivity index (χ0) is 48.2. The fraction of sp³-hybridized carbons (Fsp3) is 0.472. The molecular formula is C53H64FN9O6. The first-order valence-corrected chi connectivity index (χ1v) is 24.6. The molecule has 0 aliphatic carbocycles. The Morgan fingerprint density at radius 3 is 2.38 bits per heavy atom. The summed E-state index contributed by atoms with van der Waals surface area (Å²) in [6, 6.07) is 17.6. The van der Waals surface area contributed by atoms with Crippen LogP contribution < -0.4 is 20.3 Å². The van der Waals surface area contributed by atoms with Crippen molar-refractivity contribution < 1.29 is 33.0 Å². The number of urea groups is 2. The van der Waals surface area contributed by atoms with Crippen molar-refractivity contribution in [1.82, 2.24) is 35.0 Å². The second kappa shape index (κ2) is 21.1. The Morgan fingerprint density at radius 1 is 0.884 bits per heavy atom. The van der Waals surface area contributed by atoms with Gasteiger partial charge in [0.15, 0.2) is 0 Å². The molecule has 3 N–H and O–H groups in total. The number of hydrogen-bond acceptors (Lipinski definition) is 9. The SMILES string of the molecule is COc1ccc(C(=O)N2CCC(CCN3CCC(OCc4ccc(-c5cc6c(-c7cc(F)cc(NC(=O)N8CC[C@@H](CC(C)C)C8)c7C)ncnc6[nH]5)cc4)CC3)CC2)cc1N1CCC(=O)NC1=O. The molecule has 6 amide bonds. The van der Waals surface area contributed by atoms with Gasteiger partial charge in [-0.25, -0.2) is 23.9 Å². The van der Waals surface area contributed by atoms with Crippen LogP contribution >= 0.6 is 0 Å². The monoisotopic (exact) mass is 941 g/mol. The number of carbonyl (C=O) groups is 4. The highest BCUT2D eigenvalue weighted by molar-refractivity contribution is 6.07. The van der Waals surface area contributed by atoms with Gasteiger partial charge in [0.1, 0.15) is 23.5 Å². The average Bonchev–Trinajstić information content (AvgIpc) is 4.02. The van der Waals surface area contributed by atoms with E-state index in [0.717, 1.165) is 92.4 Å². The van der Waals surface area contributed by atoms with E-state index in [9.17, 15) is 19.2 Å². The number of fused-ring (bicyclic) bond motifs is 1. The minimum Gasteiger partial charge on any atom is -0.495 e. The molecule has 69 heavy (non-hydrogen) atoms. The van der Waals surface area contributed by atoms with Crippen LogP contribution in [0.25, 0.3) is 33.5 Å². The van der Waals surface area contributed by atoms with Crippen LogP contribution in [-0.4, -0.2) is 119 Å². The van der Waals surface area contributed by atoms with Gasteiger partial charge in [-0.2, -0.15) is 0 Å². The van der Waals surface area contributed by atoms with Gasteiger partial charge in [0, 0.05) is 80.1 Å². The second-order valence-electron chi connectivity index (χ2n) is 19.7. The first-order chi connectivity index (χ1) is 33.4. The van der Waals surface area contributed by atoms with Gasteiger partial charge in [-0.15, -0.1) is 0 Å². The summed E-state index contributed by atoms with van der Waals surface area (Å²) in [5, 5.41) is 6.09. The Balaban J connectivity index is 0.726. The number of methoxy groups -OCH3 is 1. The van der Waals surface area contributed by atoms with Gasteiger partial charge in [0.25, 0.3) is 5.91 Å². The van der Waals surface area contributed by atoms with E-state index in [2.05, 4.69) is 68.6 Å². The molecule has 0 saturated carbocycles. The van der Waals surface area contributed by atoms with E-state index in [0.29, 0.717) is 90.1 Å². The van der Waals surface area contributed by atoms with E-state index in [1.807, 2.05) is 22.8 Å². The predicted molar refractivity (Wildman–Crippen MR) is 264 cm³/mol. The molecule has 9 rings (SSSR count). The number of benzene rings is 3. The quantitative estimate of drug-likeness (QED) is 0.0986. The number of anilines is 2. The van der Waals surface area contributed by atoms with Crippen molar-refractivity contribution in [2.24, 2.45) is 17.8 Å². The van der Waals surface area contributed by atoms with Gasteiger partial charge in [0.2, 0.25) is 5.91 Å². The molecule has 0 spiro atoms. The van der Waals surface area contributed by atoms with E-state index in [-0.39, 0.29) is 36.9 Å². The summed E-state index contributed by atoms with van der Waals surface area (Å²) in [5.41, 5.74) is 6.92. The summed E-state index contributed by atoms with van der Waals surface area (Å²) in [6.45, 7) is 12.9. The lowest BCUT2D eigenvalue weighted by Gasteiger charge is -2.35. The van der Waals surface area contributed by atoms with Crippen LogP contribution in [0.15, 0.2) is 67.0 Å². The van der Waals surface area contributed by atoms with Crippen LogP contribution in [0.3, 0.4) is 0 Å². The molecule has 6 heterocycles. The number of rotatable bonds is 14. The van der Waals surface area contributed by atoms with Gasteiger partial charge in [-0.3, -0.25) is 19.8 Å². The summed E-state index contributed by atoms with van der Waals surface area (Å²) in [6.07, 6.45) is 8.91. The highest BCUT2D eigenvalue weighted by Gasteiger charge is 2.31. The molecular weight excluding hydrogens is 878 g/mol. The lowest BCUT2D eigenvalue weighted by molar-refractivity contribution is -0.120. The van der Waals surface area contributed by atoms with Crippen molar-refractivity contribution in [3.63, 3.8) is 0 Å². The third-order valence-corrected chi connectivity index (χ3v) is 14.5. The third-order valence-electron chi connectivity index (χ3n) is 14.5. The highest BCUT2D eigenvalue weighted by Crippen LogP contribution is 2.36. The molecule has 16 heteroatoms. The number of nitrogens with one attached hydrogen (secondary N) is 3. The predicted octanol–water partition coefficient (Wildman–Crippen LogP) is 9.02. The maximum atomic E-state index is 15.2. The number of hydrogen-bond donors (Lipinski definition) is 3. The lowest BCUT2D eigenvalue weighted by Crippen LogP contribution is -2.49. The summed E-state index contributed by atoms with van der Waals surface area (Å²) in [7, 11) is 1.52. The van der Waals surface area contributed by atoms with E-state index < -0.39 is 11.8 Å². The highest BCUT2D eigenvalue weighted by atomic mass is 19.1. The zero-order valence-corrected chi connectivity index (χ0v) is 40.2. The molecule has 3 aromatic carbocycles. The number of piperidine rings is 2. The normalized spacial score (nSPS) is 18.6. The van der Waals surface area contributed by atoms with Gasteiger partial charge in [0.05, 0.1) is 31.2 Å². The topological polar surface area (TPSA) is 165 Å². The number of halogens is 1. The third kappa shape index (κ3) is 11.1. The number of nitrogens with zero attached hydrogens (tertiary/aromatic N) is 6. The van der Waals surface area contributed by atoms with Crippen LogP contribution in [0.5, 0.6) is 5.75 Å². The van der Waals surface area contributed by atoms with Crippen molar-refractivity contribution in [2.75, 3.05) is 69.7 Å². The minimum absolute atomic E-state index is 0.0625. The summed E-state index contributed by atoms with van der Waals surface area (Å²) in [4.78, 5) is 71.4. The Bertz CT molecular complexity index is 2670. The number of aromatic amines is 1. The minimum atomic E-state index is -0.516. The fourth-order valence-electron chi connectivity index (χ4n) is 10.5. The average molecular weight is 942 g/mol. The van der Waals surface area contributed by atoms with Crippen molar-refractivity contribution in [3.8, 4) is 28.3 Å². The first kappa shape index (κ1) is 47.7. The molecule has 4 fully saturated rings. The van der Waals surface area contributed by atoms with E-state index in [1.54, 1.807) is 18.2 Å². The van der Waals surface area contributed by atoms with Gasteiger partial charge in [-0.1, -0.05) is 38.1 Å². The van der Waals surface area contributed by atoms with Crippen molar-refractivity contribution >= 4 is 46.3 Å². The van der Waals surface area contributed by atoms with Crippen LogP contribution in [0.2, 0.25) is 0 Å². The molecule has 15 nitrogen and oxygen atoms in total. The molecule has 0 unspecified atom stereocenters. The second-order valence-corrected chi connectivity index (χ2v) is 19.7. The molecule has 0 bridgehead atoms. The summed E-state index contributed by atoms with van der Waals surface area (Å²) in [5.74, 6) is 1.26. The molecule has 2 aromatic heterocycles. The van der Waals surface area contributed by atoms with Gasteiger partial charge < -0.3 is 34.5 Å². The maximum Gasteiger partial charge on any atom is 0.328 e. The van der Waals surface area contributed by atoms with Crippen LogP contribution in [-0.2, 0) is 16.1 Å². The number of carbonyl (C=O) groups excluding carboxylic acids is 4. The van der Waals surface area contributed by atoms with Crippen molar-refractivity contribution in [1.29, 1.82) is 0 Å². The number of amides is 6. The Kier molecular flexibility index (Phi) is 14.6. The maximum absolute atomic E-state index is 15.2. The summed E-state index contributed by atoms with van der Waals surface area (Å²) < 4.78 is 27.1. The largest absolute Gasteiger partial charge is 0.495 e. The number of imide groups is 1. The van der Waals surface area contributed by atoms with Gasteiger partial charge >= 0.3 is 12.1 Å². The van der Waals surface area contributed by atoms with E-state index in [4.69, 9.17) is 9.47 Å².